The highest BCUT2D eigenvalue weighted by Gasteiger charge is 2.61. The maximum Gasteiger partial charge on any atom is 0.0416 e. The van der Waals surface area contributed by atoms with Crippen LogP contribution in [0.1, 0.15) is 46.0 Å². The average molecular weight is 437 g/mol. The minimum atomic E-state index is -1.29. The van der Waals surface area contributed by atoms with Crippen molar-refractivity contribution in [3.05, 3.63) is 22.8 Å². The maximum atomic E-state index is 2.76. The van der Waals surface area contributed by atoms with E-state index < -0.39 is 29.4 Å². The third kappa shape index (κ3) is 4.43. The summed E-state index contributed by atoms with van der Waals surface area (Å²) >= 11 is 0. The first-order valence-corrected chi connectivity index (χ1v) is 27.2. The first kappa shape index (κ1) is 23.6. The van der Waals surface area contributed by atoms with E-state index in [1.165, 1.54) is 37.7 Å². The lowest BCUT2D eigenvalue weighted by molar-refractivity contribution is 0.389. The number of fused-ring (bicyclic) bond motifs is 1. The Morgan fingerprint density at radius 2 is 1.33 bits per heavy atom. The molecule has 0 spiro atoms. The van der Waals surface area contributed by atoms with E-state index in [4.69, 9.17) is 0 Å². The van der Waals surface area contributed by atoms with Gasteiger partial charge in [-0.2, -0.15) is 0 Å². The smallest absolute Gasteiger partial charge is 0.0416 e. The van der Waals surface area contributed by atoms with Gasteiger partial charge in [0.15, 0.2) is 0 Å². The van der Waals surface area contributed by atoms with Gasteiger partial charge in [0.2, 0.25) is 0 Å². The van der Waals surface area contributed by atoms with E-state index in [9.17, 15) is 0 Å². The Labute approximate surface area is 174 Å². The van der Waals surface area contributed by atoms with E-state index in [0.717, 1.165) is 11.8 Å². The van der Waals surface area contributed by atoms with Crippen LogP contribution < -0.4 is 0 Å². The predicted molar refractivity (Wildman–Crippen MR) is 137 cm³/mol. The zero-order chi connectivity index (χ0) is 20.8. The predicted octanol–water partition coefficient (Wildman–Crippen LogP) is 8.16. The average Bonchev–Trinajstić information content (AvgIpc) is 2.90. The zero-order valence-corrected chi connectivity index (χ0v) is 24.5. The van der Waals surface area contributed by atoms with E-state index >= 15 is 0 Å². The van der Waals surface area contributed by atoms with Crippen molar-refractivity contribution >= 4 is 29.4 Å². The van der Waals surface area contributed by atoms with Gasteiger partial charge in [0.25, 0.3) is 0 Å². The summed E-state index contributed by atoms with van der Waals surface area (Å²) in [7, 11) is -3.56. The second-order valence-electron chi connectivity index (χ2n) is 12.9. The Morgan fingerprint density at radius 3 is 1.78 bits per heavy atom. The SMILES string of the molecule is CC(C)=CC1=C(C[Si]([Si](C)(C)C)([Si](C)(C)C)[Si](C)(C)C)CC[C@@H]2CCC[C@H]12. The third-order valence-corrected chi connectivity index (χ3v) is 81.8. The van der Waals surface area contributed by atoms with Gasteiger partial charge in [-0.25, -0.2) is 0 Å². The second-order valence-corrected chi connectivity index (χ2v) is 54.3. The molecule has 0 aromatic rings. The lowest BCUT2D eigenvalue weighted by atomic mass is 9.77. The van der Waals surface area contributed by atoms with Crippen molar-refractivity contribution in [2.24, 2.45) is 11.8 Å². The fourth-order valence-electron chi connectivity index (χ4n) is 7.76. The van der Waals surface area contributed by atoms with E-state index in [1.54, 1.807) is 6.04 Å². The summed E-state index contributed by atoms with van der Waals surface area (Å²) in [5.41, 5.74) is 5.32. The molecule has 0 nitrogen and oxygen atoms in total. The molecule has 0 aromatic heterocycles. The number of hydrogen-bond donors (Lipinski definition) is 0. The summed E-state index contributed by atoms with van der Waals surface area (Å²) in [6, 6.07) is 1.58. The molecule has 156 valence electrons. The Kier molecular flexibility index (Phi) is 6.90. The van der Waals surface area contributed by atoms with Crippen molar-refractivity contribution < 1.29 is 0 Å². The molecule has 0 saturated heterocycles. The number of hydrogen-bond acceptors (Lipinski definition) is 0. The standard InChI is InChI=1S/C23H48Si4/c1-19(2)17-23-21(16-15-20-13-12-14-22(20)23)18-27(24(3,4)5,25(6,7)8)26(9,10)11/h17,20,22H,12-16,18H2,1-11H3/t20-,22-/m0/s1. The van der Waals surface area contributed by atoms with Gasteiger partial charge >= 0.3 is 0 Å². The molecule has 4 heteroatoms. The molecule has 2 rings (SSSR count). The summed E-state index contributed by atoms with van der Waals surface area (Å²) in [5, 5.41) is 0. The number of allylic oxidation sites excluding steroid dienone is 4. The lowest BCUT2D eigenvalue weighted by Crippen LogP contribution is -2.82. The fourth-order valence-corrected chi connectivity index (χ4v) is 105. The molecule has 0 heterocycles. The minimum Gasteiger partial charge on any atom is -0.0762 e. The molecule has 0 unspecified atom stereocenters. The Hall–Kier alpha value is 0.348. The van der Waals surface area contributed by atoms with Gasteiger partial charge in [-0.15, -0.1) is 0 Å². The van der Waals surface area contributed by atoms with Crippen molar-refractivity contribution in [1.82, 2.24) is 0 Å². The first-order chi connectivity index (χ1) is 12.1. The van der Waals surface area contributed by atoms with Crippen LogP contribution in [-0.2, 0) is 0 Å². The van der Waals surface area contributed by atoms with E-state index in [1.807, 2.05) is 11.1 Å². The molecular weight excluding hydrogens is 389 g/mol. The zero-order valence-electron chi connectivity index (χ0n) is 20.5. The highest BCUT2D eigenvalue weighted by Crippen LogP contribution is 2.50. The summed E-state index contributed by atoms with van der Waals surface area (Å²) in [4.78, 5) is 0. The summed E-state index contributed by atoms with van der Waals surface area (Å²) < 4.78 is 0. The summed E-state index contributed by atoms with van der Waals surface area (Å²) in [6.45, 7) is 28.2. The molecule has 1 fully saturated rings. The summed E-state index contributed by atoms with van der Waals surface area (Å²) in [5.74, 6) is 1.90. The van der Waals surface area contributed by atoms with Crippen LogP contribution in [0.15, 0.2) is 22.8 Å². The van der Waals surface area contributed by atoms with Gasteiger partial charge in [-0.05, 0) is 63.0 Å². The van der Waals surface area contributed by atoms with Crippen molar-refractivity contribution in [3.8, 4) is 0 Å². The van der Waals surface area contributed by atoms with Crippen LogP contribution in [-0.4, -0.2) is 29.4 Å². The molecule has 0 bridgehead atoms. The van der Waals surface area contributed by atoms with Gasteiger partial charge in [0.05, 0.1) is 0 Å². The number of rotatable bonds is 6. The van der Waals surface area contributed by atoms with Gasteiger partial charge in [0.1, 0.15) is 0 Å². The molecule has 0 radical (unpaired) electrons. The monoisotopic (exact) mass is 436 g/mol. The van der Waals surface area contributed by atoms with Crippen molar-refractivity contribution in [3.63, 3.8) is 0 Å². The fraction of sp³-hybridized carbons (Fsp3) is 0.826. The van der Waals surface area contributed by atoms with Crippen molar-refractivity contribution in [2.75, 3.05) is 0 Å². The van der Waals surface area contributed by atoms with E-state index in [-0.39, 0.29) is 0 Å². The molecule has 0 aliphatic heterocycles. The van der Waals surface area contributed by atoms with Gasteiger partial charge in [0, 0.05) is 29.4 Å². The Morgan fingerprint density at radius 1 is 0.815 bits per heavy atom. The topological polar surface area (TPSA) is 0 Å². The van der Waals surface area contributed by atoms with Gasteiger partial charge in [-0.3, -0.25) is 0 Å². The van der Waals surface area contributed by atoms with Crippen LogP contribution in [0.25, 0.3) is 0 Å². The van der Waals surface area contributed by atoms with Crippen molar-refractivity contribution in [1.29, 1.82) is 0 Å². The molecule has 2 aliphatic carbocycles. The van der Waals surface area contributed by atoms with Crippen LogP contribution in [0.4, 0.5) is 0 Å². The third-order valence-electron chi connectivity index (χ3n) is 8.05. The molecule has 27 heavy (non-hydrogen) atoms. The van der Waals surface area contributed by atoms with Gasteiger partial charge < -0.3 is 0 Å². The van der Waals surface area contributed by atoms with Crippen LogP contribution in [0.5, 0.6) is 0 Å². The minimum absolute atomic E-state index is 0.903. The second kappa shape index (κ2) is 7.88. The first-order valence-electron chi connectivity index (χ1n) is 11.5. The van der Waals surface area contributed by atoms with Crippen LogP contribution in [0.3, 0.4) is 0 Å². The Balaban J connectivity index is 2.66. The van der Waals surface area contributed by atoms with Crippen molar-refractivity contribution in [2.45, 2.75) is 111 Å². The Bertz CT molecular complexity index is 568. The lowest BCUT2D eigenvalue weighted by Gasteiger charge is -2.58. The molecule has 0 aromatic carbocycles. The van der Waals surface area contributed by atoms with E-state index in [0.29, 0.717) is 0 Å². The molecule has 2 aliphatic rings. The molecule has 0 amide bonds. The van der Waals surface area contributed by atoms with E-state index in [2.05, 4.69) is 78.8 Å². The van der Waals surface area contributed by atoms with Crippen LogP contribution >= 0.6 is 0 Å². The molecule has 0 N–H and O–H groups in total. The highest BCUT2D eigenvalue weighted by molar-refractivity contribution is 7.89. The molecular formula is C23H48Si4. The van der Waals surface area contributed by atoms with Gasteiger partial charge in [-0.1, -0.05) is 82.6 Å². The summed E-state index contributed by atoms with van der Waals surface area (Å²) in [6.07, 6.45) is 9.99. The van der Waals surface area contributed by atoms with Crippen LogP contribution in [0, 0.1) is 11.8 Å². The normalized spacial score (nSPS) is 24.9. The molecule has 2 atom stereocenters. The highest BCUT2D eigenvalue weighted by atomic mass is 29.9. The largest absolute Gasteiger partial charge is 0.0762 e. The molecule has 1 saturated carbocycles. The quantitative estimate of drug-likeness (QED) is 0.368. The van der Waals surface area contributed by atoms with Crippen LogP contribution in [0.2, 0.25) is 65.0 Å². The maximum absolute atomic E-state index is 2.76.